The Labute approximate surface area is 168 Å². The van der Waals surface area contributed by atoms with Crippen LogP contribution in [0, 0.1) is 11.7 Å². The normalized spacial score (nSPS) is 13.7. The van der Waals surface area contributed by atoms with Crippen molar-refractivity contribution >= 4 is 23.5 Å². The van der Waals surface area contributed by atoms with Crippen LogP contribution in [-0.4, -0.2) is 37.0 Å². The summed E-state index contributed by atoms with van der Waals surface area (Å²) in [5.41, 5.74) is 1.74. The Morgan fingerprint density at radius 2 is 1.79 bits per heavy atom. The van der Waals surface area contributed by atoms with Crippen LogP contribution in [0.4, 0.5) is 10.1 Å². The minimum Gasteiger partial charge on any atom is -0.454 e. The van der Waals surface area contributed by atoms with Crippen molar-refractivity contribution in [2.45, 2.75) is 26.3 Å². The number of hydrogen-bond donors (Lipinski definition) is 1. The molecule has 0 aliphatic carbocycles. The summed E-state index contributed by atoms with van der Waals surface area (Å²) in [6.07, 6.45) is 0.753. The van der Waals surface area contributed by atoms with E-state index in [2.05, 4.69) is 5.32 Å². The first-order chi connectivity index (χ1) is 13.9. The van der Waals surface area contributed by atoms with Crippen LogP contribution in [0.1, 0.15) is 29.8 Å². The highest BCUT2D eigenvalue weighted by Gasteiger charge is 2.29. The third-order valence-corrected chi connectivity index (χ3v) is 4.85. The average molecular weight is 398 g/mol. The van der Waals surface area contributed by atoms with Gasteiger partial charge in [-0.05, 0) is 36.1 Å². The molecule has 1 aliphatic heterocycles. The first-order valence-corrected chi connectivity index (χ1v) is 9.48. The smallest absolute Gasteiger partial charge is 0.329 e. The van der Waals surface area contributed by atoms with Gasteiger partial charge in [0.15, 0.2) is 6.61 Å². The molecule has 1 unspecified atom stereocenters. The van der Waals surface area contributed by atoms with E-state index in [9.17, 15) is 18.8 Å². The van der Waals surface area contributed by atoms with Crippen molar-refractivity contribution in [2.24, 2.45) is 5.92 Å². The molecule has 2 amide bonds. The minimum atomic E-state index is -0.999. The second kappa shape index (κ2) is 8.86. The van der Waals surface area contributed by atoms with E-state index >= 15 is 0 Å². The summed E-state index contributed by atoms with van der Waals surface area (Å²) in [6.45, 7) is 3.57. The minimum absolute atomic E-state index is 0.157. The predicted octanol–water partition coefficient (Wildman–Crippen LogP) is 2.71. The highest BCUT2D eigenvalue weighted by Crippen LogP contribution is 2.27. The molecule has 0 saturated heterocycles. The zero-order valence-electron chi connectivity index (χ0n) is 16.4. The van der Waals surface area contributed by atoms with Gasteiger partial charge in [0.1, 0.15) is 11.9 Å². The van der Waals surface area contributed by atoms with Crippen LogP contribution in [0.15, 0.2) is 48.5 Å². The molecular weight excluding hydrogens is 375 g/mol. The number of fused-ring (bicyclic) bond motifs is 1. The Morgan fingerprint density at radius 1 is 1.10 bits per heavy atom. The van der Waals surface area contributed by atoms with E-state index < -0.39 is 30.3 Å². The summed E-state index contributed by atoms with van der Waals surface area (Å²) in [4.78, 5) is 38.9. The Hall–Kier alpha value is -3.22. The second-order valence-electron chi connectivity index (χ2n) is 7.21. The summed E-state index contributed by atoms with van der Waals surface area (Å²) < 4.78 is 19.0. The molecule has 6 nitrogen and oxygen atoms in total. The topological polar surface area (TPSA) is 75.7 Å². The Morgan fingerprint density at radius 3 is 2.52 bits per heavy atom. The lowest BCUT2D eigenvalue weighted by Crippen LogP contribution is -2.46. The highest BCUT2D eigenvalue weighted by atomic mass is 19.1. The molecule has 0 spiro atoms. The molecule has 1 N–H and O–H groups in total. The number of carbonyl (C=O) groups excluding carboxylic acids is 3. The number of amides is 2. The molecule has 29 heavy (non-hydrogen) atoms. The number of nitrogens with one attached hydrogen (secondary N) is 1. The Kier molecular flexibility index (Phi) is 6.26. The number of anilines is 1. The van der Waals surface area contributed by atoms with E-state index in [1.807, 2.05) is 24.3 Å². The number of hydrogen-bond acceptors (Lipinski definition) is 4. The van der Waals surface area contributed by atoms with Crippen LogP contribution in [0.5, 0.6) is 0 Å². The van der Waals surface area contributed by atoms with Gasteiger partial charge in [-0.3, -0.25) is 9.59 Å². The number of ether oxygens (including phenoxy) is 1. The molecule has 0 aromatic heterocycles. The van der Waals surface area contributed by atoms with E-state index in [4.69, 9.17) is 4.74 Å². The number of rotatable bonds is 6. The summed E-state index contributed by atoms with van der Waals surface area (Å²) in [5, 5.41) is 2.50. The largest absolute Gasteiger partial charge is 0.454 e. The molecule has 3 rings (SSSR count). The van der Waals surface area contributed by atoms with Gasteiger partial charge >= 0.3 is 5.97 Å². The number of benzene rings is 2. The molecule has 2 aromatic rings. The molecule has 1 aliphatic rings. The van der Waals surface area contributed by atoms with Gasteiger partial charge in [0.25, 0.3) is 11.8 Å². The lowest BCUT2D eigenvalue weighted by Gasteiger charge is -2.22. The molecule has 2 aromatic carbocycles. The van der Waals surface area contributed by atoms with Gasteiger partial charge < -0.3 is 15.0 Å². The summed E-state index contributed by atoms with van der Waals surface area (Å²) >= 11 is 0. The first kappa shape index (κ1) is 20.5. The SMILES string of the molecule is CC(C)C(NC(=O)c1ccccc1F)C(=O)OCC(=O)N1CCc2ccccc21. The molecule has 0 radical (unpaired) electrons. The molecule has 1 atom stereocenters. The van der Waals surface area contributed by atoms with Gasteiger partial charge in [0.05, 0.1) is 5.56 Å². The van der Waals surface area contributed by atoms with Crippen molar-refractivity contribution in [3.05, 3.63) is 65.5 Å². The van der Waals surface area contributed by atoms with Crippen LogP contribution in [0.3, 0.4) is 0 Å². The van der Waals surface area contributed by atoms with E-state index in [0.717, 1.165) is 17.7 Å². The maximum atomic E-state index is 13.8. The van der Waals surface area contributed by atoms with Crippen LogP contribution >= 0.6 is 0 Å². The monoisotopic (exact) mass is 398 g/mol. The van der Waals surface area contributed by atoms with Crippen LogP contribution in [0.25, 0.3) is 0 Å². The third kappa shape index (κ3) is 4.62. The van der Waals surface area contributed by atoms with Crippen molar-refractivity contribution < 1.29 is 23.5 Å². The van der Waals surface area contributed by atoms with Gasteiger partial charge in [-0.1, -0.05) is 44.2 Å². The number of halogens is 1. The van der Waals surface area contributed by atoms with E-state index in [1.165, 1.54) is 24.3 Å². The van der Waals surface area contributed by atoms with Crippen molar-refractivity contribution in [3.63, 3.8) is 0 Å². The molecule has 1 heterocycles. The lowest BCUT2D eigenvalue weighted by molar-refractivity contribution is -0.150. The van der Waals surface area contributed by atoms with Crippen LogP contribution in [-0.2, 0) is 20.7 Å². The van der Waals surface area contributed by atoms with Gasteiger partial charge in [0.2, 0.25) is 0 Å². The maximum Gasteiger partial charge on any atom is 0.329 e. The van der Waals surface area contributed by atoms with Crippen LogP contribution < -0.4 is 10.2 Å². The summed E-state index contributed by atoms with van der Waals surface area (Å²) in [5.74, 6) is -2.75. The molecular formula is C22H23FN2O4. The van der Waals surface area contributed by atoms with E-state index in [1.54, 1.807) is 18.7 Å². The third-order valence-electron chi connectivity index (χ3n) is 4.85. The molecule has 7 heteroatoms. The Bertz CT molecular complexity index is 929. The number of nitrogens with zero attached hydrogens (tertiary/aromatic N) is 1. The maximum absolute atomic E-state index is 13.8. The predicted molar refractivity (Wildman–Crippen MR) is 106 cm³/mol. The molecule has 0 saturated carbocycles. The van der Waals surface area contributed by atoms with Crippen molar-refractivity contribution in [1.29, 1.82) is 0 Å². The number of esters is 1. The fourth-order valence-electron chi connectivity index (χ4n) is 3.26. The molecule has 0 fully saturated rings. The van der Waals surface area contributed by atoms with Crippen LogP contribution in [0.2, 0.25) is 0 Å². The second-order valence-corrected chi connectivity index (χ2v) is 7.21. The van der Waals surface area contributed by atoms with E-state index in [0.29, 0.717) is 6.54 Å². The van der Waals surface area contributed by atoms with Crippen molar-refractivity contribution in [1.82, 2.24) is 5.32 Å². The zero-order chi connectivity index (χ0) is 21.0. The van der Waals surface area contributed by atoms with Gasteiger partial charge in [-0.2, -0.15) is 0 Å². The highest BCUT2D eigenvalue weighted by molar-refractivity contribution is 5.99. The molecule has 0 bridgehead atoms. The first-order valence-electron chi connectivity index (χ1n) is 9.48. The van der Waals surface area contributed by atoms with Gasteiger partial charge in [-0.25, -0.2) is 9.18 Å². The van der Waals surface area contributed by atoms with Gasteiger partial charge in [0, 0.05) is 12.2 Å². The fraction of sp³-hybridized carbons (Fsp3) is 0.318. The zero-order valence-corrected chi connectivity index (χ0v) is 16.4. The number of para-hydroxylation sites is 1. The summed E-state index contributed by atoms with van der Waals surface area (Å²) in [7, 11) is 0. The molecule has 152 valence electrons. The quantitative estimate of drug-likeness (QED) is 0.760. The fourth-order valence-corrected chi connectivity index (χ4v) is 3.26. The standard InChI is InChI=1S/C22H23FN2O4/c1-14(2)20(24-21(27)16-8-4-5-9-17(16)23)22(28)29-13-19(26)25-12-11-15-7-3-6-10-18(15)25/h3-10,14,20H,11-13H2,1-2H3,(H,24,27). The van der Waals surface area contributed by atoms with Crippen molar-refractivity contribution in [3.8, 4) is 0 Å². The van der Waals surface area contributed by atoms with E-state index in [-0.39, 0.29) is 17.4 Å². The average Bonchev–Trinajstić information content (AvgIpc) is 3.14. The number of carbonyl (C=O) groups is 3. The van der Waals surface area contributed by atoms with Crippen molar-refractivity contribution in [2.75, 3.05) is 18.1 Å². The summed E-state index contributed by atoms with van der Waals surface area (Å²) in [6, 6.07) is 12.1. The lowest BCUT2D eigenvalue weighted by atomic mass is 10.0. The Balaban J connectivity index is 1.61. The van der Waals surface area contributed by atoms with Gasteiger partial charge in [-0.15, -0.1) is 0 Å².